The maximum absolute atomic E-state index is 13.5. The normalized spacial score (nSPS) is 19.3. The Morgan fingerprint density at radius 2 is 1.94 bits per heavy atom. The van der Waals surface area contributed by atoms with Gasteiger partial charge in [-0.05, 0) is 68.1 Å². The first-order valence-corrected chi connectivity index (χ1v) is 11.3. The molecule has 3 heterocycles. The van der Waals surface area contributed by atoms with E-state index < -0.39 is 11.6 Å². The van der Waals surface area contributed by atoms with Crippen LogP contribution in [0.2, 0.25) is 0 Å². The third-order valence-electron chi connectivity index (χ3n) is 6.35. The van der Waals surface area contributed by atoms with Crippen LogP contribution in [-0.2, 0) is 4.74 Å². The van der Waals surface area contributed by atoms with Crippen molar-refractivity contribution in [2.24, 2.45) is 5.92 Å². The van der Waals surface area contributed by atoms with E-state index in [1.54, 1.807) is 0 Å². The highest BCUT2D eigenvalue weighted by molar-refractivity contribution is 5.62. The fraction of sp³-hybridized carbons (Fsp3) is 0.417. The van der Waals surface area contributed by atoms with E-state index in [-0.39, 0.29) is 5.69 Å². The number of hydrogen-bond donors (Lipinski definition) is 2. The lowest BCUT2D eigenvalue weighted by atomic mass is 9.96. The van der Waals surface area contributed by atoms with Gasteiger partial charge in [-0.2, -0.15) is 4.98 Å². The molecule has 174 valence electrons. The van der Waals surface area contributed by atoms with E-state index in [0.29, 0.717) is 17.9 Å². The van der Waals surface area contributed by atoms with E-state index in [2.05, 4.69) is 38.6 Å². The molecule has 7 nitrogen and oxygen atoms in total. The van der Waals surface area contributed by atoms with Gasteiger partial charge in [0.15, 0.2) is 0 Å². The van der Waals surface area contributed by atoms with Crippen molar-refractivity contribution in [3.05, 3.63) is 59.9 Å². The van der Waals surface area contributed by atoms with Crippen LogP contribution >= 0.6 is 0 Å². The van der Waals surface area contributed by atoms with Crippen molar-refractivity contribution in [2.75, 3.05) is 43.5 Å². The Labute approximate surface area is 191 Å². The molecule has 2 aliphatic rings. The van der Waals surface area contributed by atoms with E-state index in [0.717, 1.165) is 49.3 Å². The predicted molar refractivity (Wildman–Crippen MR) is 123 cm³/mol. The molecule has 0 aliphatic carbocycles. The minimum absolute atomic E-state index is 0.273. The Morgan fingerprint density at radius 3 is 2.67 bits per heavy atom. The van der Waals surface area contributed by atoms with E-state index in [9.17, 15) is 8.78 Å². The van der Waals surface area contributed by atoms with Crippen molar-refractivity contribution in [2.45, 2.75) is 25.8 Å². The Balaban J connectivity index is 1.18. The zero-order chi connectivity index (χ0) is 22.8. The van der Waals surface area contributed by atoms with Crippen LogP contribution in [0.15, 0.2) is 42.7 Å². The van der Waals surface area contributed by atoms with Crippen LogP contribution < -0.4 is 10.6 Å². The van der Waals surface area contributed by atoms with Gasteiger partial charge in [-0.25, -0.2) is 13.5 Å². The van der Waals surface area contributed by atoms with Gasteiger partial charge < -0.3 is 15.4 Å². The molecule has 0 bridgehead atoms. The standard InChI is InChI=1S/C24H28F2N6O/c1-16-7-20(29-24-28-15-32(30-24)21-9-18(25)8-19(26)10-21)4-5-23(16)27-11-17-3-2-6-31(12-17)22-13-33-14-22/h4-5,7-10,15,17,22,27H,2-3,6,11-14H2,1H3,(H,29,30). The van der Waals surface area contributed by atoms with E-state index in [1.807, 2.05) is 12.1 Å². The molecule has 9 heteroatoms. The number of piperidine rings is 1. The van der Waals surface area contributed by atoms with Gasteiger partial charge in [0.05, 0.1) is 24.9 Å². The summed E-state index contributed by atoms with van der Waals surface area (Å²) in [5.41, 5.74) is 3.34. The van der Waals surface area contributed by atoms with Gasteiger partial charge in [0, 0.05) is 30.5 Å². The minimum Gasteiger partial charge on any atom is -0.385 e. The summed E-state index contributed by atoms with van der Waals surface area (Å²) in [7, 11) is 0. The van der Waals surface area contributed by atoms with Gasteiger partial charge in [0.1, 0.15) is 18.0 Å². The lowest BCUT2D eigenvalue weighted by Gasteiger charge is -2.42. The number of anilines is 3. The van der Waals surface area contributed by atoms with Gasteiger partial charge in [-0.3, -0.25) is 4.90 Å². The lowest BCUT2D eigenvalue weighted by molar-refractivity contribution is -0.0754. The molecule has 2 aromatic carbocycles. The summed E-state index contributed by atoms with van der Waals surface area (Å²) in [5, 5.41) is 11.0. The van der Waals surface area contributed by atoms with Crippen LogP contribution in [0.5, 0.6) is 0 Å². The van der Waals surface area contributed by atoms with E-state index >= 15 is 0 Å². The summed E-state index contributed by atoms with van der Waals surface area (Å²) in [4.78, 5) is 6.77. The average molecular weight is 455 g/mol. The highest BCUT2D eigenvalue weighted by Crippen LogP contribution is 2.25. The number of ether oxygens (including phenoxy) is 1. The van der Waals surface area contributed by atoms with Crippen molar-refractivity contribution in [1.82, 2.24) is 19.7 Å². The van der Waals surface area contributed by atoms with Crippen LogP contribution in [0.4, 0.5) is 26.1 Å². The summed E-state index contributed by atoms with van der Waals surface area (Å²) in [6, 6.07) is 9.90. The predicted octanol–water partition coefficient (Wildman–Crippen LogP) is 4.12. The summed E-state index contributed by atoms with van der Waals surface area (Å²) in [6.07, 6.45) is 3.91. The smallest absolute Gasteiger partial charge is 0.246 e. The maximum atomic E-state index is 13.5. The molecule has 3 aromatic rings. The number of nitrogens with one attached hydrogen (secondary N) is 2. The number of rotatable bonds is 7. The Bertz CT molecular complexity index is 1100. The van der Waals surface area contributed by atoms with Crippen molar-refractivity contribution < 1.29 is 13.5 Å². The Hall–Kier alpha value is -3.04. The molecular formula is C24H28F2N6O. The fourth-order valence-corrected chi connectivity index (χ4v) is 4.47. The van der Waals surface area contributed by atoms with Crippen molar-refractivity contribution in [3.63, 3.8) is 0 Å². The lowest BCUT2D eigenvalue weighted by Crippen LogP contribution is -2.53. The third kappa shape index (κ3) is 5.15. The summed E-state index contributed by atoms with van der Waals surface area (Å²) in [6.45, 7) is 7.08. The molecule has 2 saturated heterocycles. The van der Waals surface area contributed by atoms with Crippen molar-refractivity contribution in [3.8, 4) is 5.69 Å². The number of likely N-dealkylation sites (tertiary alicyclic amines) is 1. The van der Waals surface area contributed by atoms with E-state index in [4.69, 9.17) is 4.74 Å². The fourth-order valence-electron chi connectivity index (χ4n) is 4.47. The number of benzene rings is 2. The molecule has 1 unspecified atom stereocenters. The highest BCUT2D eigenvalue weighted by Gasteiger charge is 2.30. The van der Waals surface area contributed by atoms with Crippen LogP contribution in [0.1, 0.15) is 18.4 Å². The second-order valence-corrected chi connectivity index (χ2v) is 8.87. The Kier molecular flexibility index (Phi) is 6.24. The van der Waals surface area contributed by atoms with Gasteiger partial charge in [-0.15, -0.1) is 5.10 Å². The molecule has 2 aliphatic heterocycles. The first kappa shape index (κ1) is 21.8. The SMILES string of the molecule is Cc1cc(Nc2ncn(-c3cc(F)cc(F)c3)n2)ccc1NCC1CCCN(C2COC2)C1. The number of nitrogens with zero attached hydrogens (tertiary/aromatic N) is 4. The molecule has 0 radical (unpaired) electrons. The summed E-state index contributed by atoms with van der Waals surface area (Å²) in [5.74, 6) is -0.335. The van der Waals surface area contributed by atoms with Crippen molar-refractivity contribution in [1.29, 1.82) is 0 Å². The maximum Gasteiger partial charge on any atom is 0.246 e. The average Bonchev–Trinajstić information content (AvgIpc) is 3.20. The zero-order valence-electron chi connectivity index (χ0n) is 18.6. The quantitative estimate of drug-likeness (QED) is 0.560. The molecular weight excluding hydrogens is 426 g/mol. The summed E-state index contributed by atoms with van der Waals surface area (Å²) < 4.78 is 33.6. The monoisotopic (exact) mass is 454 g/mol. The van der Waals surface area contributed by atoms with Gasteiger partial charge in [-0.1, -0.05) is 0 Å². The van der Waals surface area contributed by atoms with Crippen LogP contribution in [0.3, 0.4) is 0 Å². The number of aromatic nitrogens is 3. The van der Waals surface area contributed by atoms with Gasteiger partial charge in [0.2, 0.25) is 5.95 Å². The molecule has 0 amide bonds. The third-order valence-corrected chi connectivity index (χ3v) is 6.35. The van der Waals surface area contributed by atoms with Gasteiger partial charge in [0.25, 0.3) is 0 Å². The van der Waals surface area contributed by atoms with Crippen LogP contribution in [0.25, 0.3) is 5.69 Å². The molecule has 0 spiro atoms. The number of halogens is 2. The van der Waals surface area contributed by atoms with E-state index in [1.165, 1.54) is 42.5 Å². The molecule has 1 aromatic heterocycles. The second-order valence-electron chi connectivity index (χ2n) is 8.87. The molecule has 2 fully saturated rings. The number of hydrogen-bond acceptors (Lipinski definition) is 6. The van der Waals surface area contributed by atoms with Crippen LogP contribution in [-0.4, -0.2) is 58.6 Å². The Morgan fingerprint density at radius 1 is 1.12 bits per heavy atom. The summed E-state index contributed by atoms with van der Waals surface area (Å²) >= 11 is 0. The number of aryl methyl sites for hydroxylation is 1. The molecule has 2 N–H and O–H groups in total. The topological polar surface area (TPSA) is 67.2 Å². The highest BCUT2D eigenvalue weighted by atomic mass is 19.1. The molecule has 0 saturated carbocycles. The van der Waals surface area contributed by atoms with Crippen molar-refractivity contribution >= 4 is 17.3 Å². The molecule has 33 heavy (non-hydrogen) atoms. The van der Waals surface area contributed by atoms with Gasteiger partial charge >= 0.3 is 0 Å². The minimum atomic E-state index is -0.660. The molecule has 5 rings (SSSR count). The second kappa shape index (κ2) is 9.44. The first-order chi connectivity index (χ1) is 16.0. The zero-order valence-corrected chi connectivity index (χ0v) is 18.6. The largest absolute Gasteiger partial charge is 0.385 e. The molecule has 1 atom stereocenters. The van der Waals surface area contributed by atoms with Crippen LogP contribution in [0, 0.1) is 24.5 Å². The first-order valence-electron chi connectivity index (χ1n) is 11.3.